The number of rotatable bonds is 4. The van der Waals surface area contributed by atoms with Crippen LogP contribution in [0.1, 0.15) is 36.1 Å². The zero-order chi connectivity index (χ0) is 15.9. The monoisotopic (exact) mass is 299 g/mol. The van der Waals surface area contributed by atoms with Gasteiger partial charge in [0.05, 0.1) is 10.5 Å². The van der Waals surface area contributed by atoms with Gasteiger partial charge in [-0.15, -0.1) is 0 Å². The van der Waals surface area contributed by atoms with Crippen LogP contribution in [0.25, 0.3) is 0 Å². The lowest BCUT2D eigenvalue weighted by Crippen LogP contribution is -2.40. The second kappa shape index (κ2) is 5.47. The van der Waals surface area contributed by atoms with Crippen molar-refractivity contribution in [1.29, 1.82) is 0 Å². The van der Waals surface area contributed by atoms with Crippen LogP contribution in [0.3, 0.4) is 0 Å². The maximum Gasteiger partial charge on any atom is 0.243 e. The molecule has 114 valence electrons. The van der Waals surface area contributed by atoms with Crippen molar-refractivity contribution in [2.75, 3.05) is 13.6 Å². The van der Waals surface area contributed by atoms with Gasteiger partial charge in [-0.3, -0.25) is 0 Å². The van der Waals surface area contributed by atoms with Crippen LogP contribution in [0.2, 0.25) is 0 Å². The normalized spacial score (nSPS) is 13.1. The van der Waals surface area contributed by atoms with E-state index in [1.54, 1.807) is 13.8 Å². The Labute approximate surface area is 122 Å². The SMILES string of the molecule is Cc1cc(C)c(C)c(S(=O)(=O)N(C)CC(C)(C)O)c1C. The summed E-state index contributed by atoms with van der Waals surface area (Å²) in [5.41, 5.74) is 2.40. The van der Waals surface area contributed by atoms with Gasteiger partial charge in [-0.05, 0) is 63.8 Å². The molecule has 4 nitrogen and oxygen atoms in total. The highest BCUT2D eigenvalue weighted by Gasteiger charge is 2.29. The number of benzene rings is 1. The Morgan fingerprint density at radius 3 is 1.85 bits per heavy atom. The Morgan fingerprint density at radius 1 is 1.10 bits per heavy atom. The van der Waals surface area contributed by atoms with Crippen LogP contribution in [0, 0.1) is 27.7 Å². The molecule has 0 amide bonds. The molecular weight excluding hydrogens is 274 g/mol. The molecule has 0 spiro atoms. The molecule has 1 rings (SSSR count). The Balaban J connectivity index is 3.44. The molecule has 5 heteroatoms. The first-order valence-electron chi connectivity index (χ1n) is 6.64. The summed E-state index contributed by atoms with van der Waals surface area (Å²) >= 11 is 0. The van der Waals surface area contributed by atoms with Crippen LogP contribution in [0.4, 0.5) is 0 Å². The number of aliphatic hydroxyl groups is 1. The van der Waals surface area contributed by atoms with Gasteiger partial charge >= 0.3 is 0 Å². The van der Waals surface area contributed by atoms with Gasteiger partial charge in [-0.2, -0.15) is 4.31 Å². The fourth-order valence-electron chi connectivity index (χ4n) is 2.35. The van der Waals surface area contributed by atoms with E-state index >= 15 is 0 Å². The van der Waals surface area contributed by atoms with Crippen molar-refractivity contribution in [1.82, 2.24) is 4.31 Å². The first kappa shape index (κ1) is 17.1. The molecule has 1 aromatic carbocycles. The van der Waals surface area contributed by atoms with Gasteiger partial charge in [-0.25, -0.2) is 8.42 Å². The third-order valence-electron chi connectivity index (χ3n) is 3.58. The largest absolute Gasteiger partial charge is 0.389 e. The van der Waals surface area contributed by atoms with Crippen LogP contribution in [0.5, 0.6) is 0 Å². The summed E-state index contributed by atoms with van der Waals surface area (Å²) in [6.45, 7) is 10.7. The lowest BCUT2D eigenvalue weighted by atomic mass is 10.0. The van der Waals surface area contributed by atoms with E-state index in [1.807, 2.05) is 33.8 Å². The summed E-state index contributed by atoms with van der Waals surface area (Å²) in [5, 5.41) is 9.84. The highest BCUT2D eigenvalue weighted by molar-refractivity contribution is 7.89. The minimum absolute atomic E-state index is 0.0567. The predicted octanol–water partition coefficient (Wildman–Crippen LogP) is 2.31. The maximum absolute atomic E-state index is 12.8. The molecule has 0 atom stereocenters. The molecule has 1 N–H and O–H groups in total. The molecular formula is C15H25NO3S. The third kappa shape index (κ3) is 3.40. The molecule has 0 heterocycles. The minimum atomic E-state index is -3.61. The van der Waals surface area contributed by atoms with Crippen molar-refractivity contribution < 1.29 is 13.5 Å². The van der Waals surface area contributed by atoms with Gasteiger partial charge in [-0.1, -0.05) is 6.07 Å². The van der Waals surface area contributed by atoms with Crippen LogP contribution in [0.15, 0.2) is 11.0 Å². The lowest BCUT2D eigenvalue weighted by molar-refractivity contribution is 0.0639. The average molecular weight is 299 g/mol. The molecule has 0 aliphatic rings. The third-order valence-corrected chi connectivity index (χ3v) is 5.65. The molecule has 0 aliphatic carbocycles. The van der Waals surface area contributed by atoms with Crippen LogP contribution in [-0.2, 0) is 10.0 Å². The van der Waals surface area contributed by atoms with Crippen molar-refractivity contribution >= 4 is 10.0 Å². The number of likely N-dealkylation sites (N-methyl/N-ethyl adjacent to an activating group) is 1. The maximum atomic E-state index is 12.8. The molecule has 0 fully saturated rings. The summed E-state index contributed by atoms with van der Waals surface area (Å²) in [6.07, 6.45) is 0. The van der Waals surface area contributed by atoms with Crippen molar-refractivity contribution in [3.63, 3.8) is 0 Å². The number of hydrogen-bond donors (Lipinski definition) is 1. The Hall–Kier alpha value is -0.910. The second-order valence-corrected chi connectivity index (χ2v) is 8.14. The summed E-state index contributed by atoms with van der Waals surface area (Å²) in [7, 11) is -2.10. The quantitative estimate of drug-likeness (QED) is 0.928. The average Bonchev–Trinajstić information content (AvgIpc) is 2.24. The molecule has 20 heavy (non-hydrogen) atoms. The van der Waals surface area contributed by atoms with Crippen molar-refractivity contribution in [3.05, 3.63) is 28.3 Å². The van der Waals surface area contributed by atoms with Crippen LogP contribution < -0.4 is 0 Å². The number of hydrogen-bond acceptors (Lipinski definition) is 3. The van der Waals surface area contributed by atoms with Gasteiger partial charge in [0.1, 0.15) is 0 Å². The van der Waals surface area contributed by atoms with E-state index in [4.69, 9.17) is 0 Å². The first-order chi connectivity index (χ1) is 8.88. The molecule has 0 unspecified atom stereocenters. The van der Waals surface area contributed by atoms with Crippen LogP contribution >= 0.6 is 0 Å². The fraction of sp³-hybridized carbons (Fsp3) is 0.600. The van der Waals surface area contributed by atoms with E-state index in [2.05, 4.69) is 0 Å². The molecule has 0 saturated carbocycles. The molecule has 0 saturated heterocycles. The van der Waals surface area contributed by atoms with E-state index in [9.17, 15) is 13.5 Å². The summed E-state index contributed by atoms with van der Waals surface area (Å²) < 4.78 is 26.8. The van der Waals surface area contributed by atoms with Gasteiger partial charge < -0.3 is 5.11 Å². The Morgan fingerprint density at radius 2 is 1.50 bits per heavy atom. The number of aryl methyl sites for hydroxylation is 2. The van der Waals surface area contributed by atoms with Crippen molar-refractivity contribution in [2.24, 2.45) is 0 Å². The van der Waals surface area contributed by atoms with E-state index in [0.717, 1.165) is 22.3 Å². The highest BCUT2D eigenvalue weighted by atomic mass is 32.2. The first-order valence-corrected chi connectivity index (χ1v) is 8.08. The van der Waals surface area contributed by atoms with E-state index < -0.39 is 15.6 Å². The summed E-state index contributed by atoms with van der Waals surface area (Å²) in [6, 6.07) is 2.00. The standard InChI is InChI=1S/C15H25NO3S/c1-10-8-11(2)13(4)14(12(10)3)20(18,19)16(7)9-15(5,6)17/h8,17H,9H2,1-7H3. The fourth-order valence-corrected chi connectivity index (χ4v) is 4.25. The van der Waals surface area contributed by atoms with Crippen molar-refractivity contribution in [2.45, 2.75) is 52.0 Å². The molecule has 0 radical (unpaired) electrons. The van der Waals surface area contributed by atoms with Gasteiger partial charge in [0.15, 0.2) is 0 Å². The minimum Gasteiger partial charge on any atom is -0.389 e. The zero-order valence-corrected chi connectivity index (χ0v) is 14.2. The lowest BCUT2D eigenvalue weighted by Gasteiger charge is -2.27. The Bertz CT molecular complexity index is 587. The van der Waals surface area contributed by atoms with Crippen LogP contribution in [-0.4, -0.2) is 37.0 Å². The number of nitrogens with zero attached hydrogens (tertiary/aromatic N) is 1. The van der Waals surface area contributed by atoms with Crippen molar-refractivity contribution in [3.8, 4) is 0 Å². The molecule has 0 bridgehead atoms. The highest BCUT2D eigenvalue weighted by Crippen LogP contribution is 2.28. The summed E-state index contributed by atoms with van der Waals surface area (Å²) in [4.78, 5) is 0.363. The predicted molar refractivity (Wildman–Crippen MR) is 81.5 cm³/mol. The van der Waals surface area contributed by atoms with E-state index in [-0.39, 0.29) is 6.54 Å². The van der Waals surface area contributed by atoms with Gasteiger partial charge in [0, 0.05) is 13.6 Å². The molecule has 0 aliphatic heterocycles. The van der Waals surface area contributed by atoms with E-state index in [0.29, 0.717) is 4.90 Å². The molecule has 1 aromatic rings. The van der Waals surface area contributed by atoms with Gasteiger partial charge in [0.25, 0.3) is 0 Å². The van der Waals surface area contributed by atoms with Gasteiger partial charge in [0.2, 0.25) is 10.0 Å². The van der Waals surface area contributed by atoms with E-state index in [1.165, 1.54) is 11.4 Å². The smallest absolute Gasteiger partial charge is 0.243 e. The second-order valence-electron chi connectivity index (χ2n) is 6.16. The Kier molecular flexibility index (Phi) is 4.69. The molecule has 0 aromatic heterocycles. The topological polar surface area (TPSA) is 57.6 Å². The number of sulfonamides is 1. The zero-order valence-electron chi connectivity index (χ0n) is 13.4. The summed E-state index contributed by atoms with van der Waals surface area (Å²) in [5.74, 6) is 0.